The molecule has 1 saturated heterocycles. The summed E-state index contributed by atoms with van der Waals surface area (Å²) < 4.78 is 0.731. The zero-order valence-electron chi connectivity index (χ0n) is 11.6. The minimum Gasteiger partial charge on any atom is -0.340 e. The van der Waals surface area contributed by atoms with Crippen LogP contribution in [0.4, 0.5) is 5.95 Å². The fraction of sp³-hybridized carbons (Fsp3) is 0.714. The van der Waals surface area contributed by atoms with Gasteiger partial charge in [-0.25, -0.2) is 4.98 Å². The number of H-pyrrole nitrogens is 1. The number of piperazine rings is 1. The molecule has 0 unspecified atom stereocenters. The summed E-state index contributed by atoms with van der Waals surface area (Å²) in [5, 5.41) is 0. The van der Waals surface area contributed by atoms with Gasteiger partial charge in [-0.2, -0.15) is 0 Å². The Labute approximate surface area is 119 Å². The molecule has 1 N–H and O–H groups in total. The molecule has 1 aromatic heterocycles. The summed E-state index contributed by atoms with van der Waals surface area (Å²) in [5.74, 6) is 1.64. The zero-order chi connectivity index (χ0) is 13.2. The van der Waals surface area contributed by atoms with E-state index in [9.17, 15) is 0 Å². The summed E-state index contributed by atoms with van der Waals surface area (Å²) in [6.07, 6.45) is 5.27. The molecule has 2 heterocycles. The van der Waals surface area contributed by atoms with Gasteiger partial charge in [0.2, 0.25) is 5.95 Å². The number of likely N-dealkylation sites (N-methyl/N-ethyl adjacent to an activating group) is 1. The van der Waals surface area contributed by atoms with Crippen LogP contribution in [0.5, 0.6) is 0 Å². The van der Waals surface area contributed by atoms with Gasteiger partial charge in [-0.1, -0.05) is 25.1 Å². The Kier molecular flexibility index (Phi) is 3.84. The first-order valence-electron chi connectivity index (χ1n) is 7.27. The van der Waals surface area contributed by atoms with Crippen molar-refractivity contribution in [3.63, 3.8) is 0 Å². The highest BCUT2D eigenvalue weighted by molar-refractivity contribution is 7.71. The lowest BCUT2D eigenvalue weighted by Crippen LogP contribution is -2.45. The summed E-state index contributed by atoms with van der Waals surface area (Å²) in [4.78, 5) is 12.7. The van der Waals surface area contributed by atoms with Gasteiger partial charge in [0.05, 0.1) is 0 Å². The van der Waals surface area contributed by atoms with Crippen molar-refractivity contribution < 1.29 is 0 Å². The first-order chi connectivity index (χ1) is 9.22. The number of rotatable bonds is 2. The smallest absolute Gasteiger partial charge is 0.204 e. The molecule has 0 amide bonds. The van der Waals surface area contributed by atoms with E-state index < -0.39 is 0 Å². The van der Waals surface area contributed by atoms with E-state index in [4.69, 9.17) is 12.2 Å². The molecule has 3 rings (SSSR count). The van der Waals surface area contributed by atoms with Gasteiger partial charge in [0, 0.05) is 31.9 Å². The molecule has 0 spiro atoms. The van der Waals surface area contributed by atoms with Crippen molar-refractivity contribution in [2.45, 2.75) is 31.6 Å². The molecular weight excluding hydrogens is 256 g/mol. The molecule has 4 nitrogen and oxygen atoms in total. The molecule has 19 heavy (non-hydrogen) atoms. The minimum absolute atomic E-state index is 0.663. The van der Waals surface area contributed by atoms with Crippen LogP contribution in [-0.4, -0.2) is 48.1 Å². The van der Waals surface area contributed by atoms with Crippen LogP contribution in [-0.2, 0) is 0 Å². The van der Waals surface area contributed by atoms with Gasteiger partial charge in [-0.05, 0) is 31.9 Å². The van der Waals surface area contributed by atoms with Crippen LogP contribution in [0, 0.1) is 4.64 Å². The second kappa shape index (κ2) is 5.59. The van der Waals surface area contributed by atoms with E-state index in [0.717, 1.165) is 36.8 Å². The first kappa shape index (κ1) is 13.1. The fourth-order valence-corrected chi connectivity index (χ4v) is 3.30. The van der Waals surface area contributed by atoms with Gasteiger partial charge in [0.25, 0.3) is 0 Å². The van der Waals surface area contributed by atoms with E-state index in [1.807, 2.05) is 0 Å². The standard InChI is InChI=1S/C14H22N4S/c1-17-6-8-18(9-7-17)14-15-12(10-13(19)16-14)11-4-2-3-5-11/h10-11H,2-9H2,1H3,(H,15,16,19). The quantitative estimate of drug-likeness (QED) is 0.843. The van der Waals surface area contributed by atoms with E-state index in [1.54, 1.807) is 0 Å². The average Bonchev–Trinajstić information content (AvgIpc) is 2.93. The summed E-state index contributed by atoms with van der Waals surface area (Å²) >= 11 is 5.35. The number of hydrogen-bond donors (Lipinski definition) is 1. The van der Waals surface area contributed by atoms with Crippen molar-refractivity contribution in [2.75, 3.05) is 38.1 Å². The van der Waals surface area contributed by atoms with Gasteiger partial charge in [-0.15, -0.1) is 0 Å². The maximum absolute atomic E-state index is 5.35. The molecule has 0 radical (unpaired) electrons. The van der Waals surface area contributed by atoms with Crippen LogP contribution >= 0.6 is 12.2 Å². The molecule has 0 atom stereocenters. The lowest BCUT2D eigenvalue weighted by Gasteiger charge is -2.33. The van der Waals surface area contributed by atoms with E-state index in [0.29, 0.717) is 5.92 Å². The van der Waals surface area contributed by atoms with Crippen LogP contribution in [0.15, 0.2) is 6.07 Å². The lowest BCUT2D eigenvalue weighted by atomic mass is 10.0. The molecule has 1 aliphatic carbocycles. The summed E-state index contributed by atoms with van der Waals surface area (Å²) in [7, 11) is 2.17. The second-order valence-corrected chi connectivity index (χ2v) is 6.19. The highest BCUT2D eigenvalue weighted by Gasteiger charge is 2.21. The first-order valence-corrected chi connectivity index (χ1v) is 7.68. The Balaban J connectivity index is 1.83. The number of nitrogens with zero attached hydrogens (tertiary/aromatic N) is 3. The van der Waals surface area contributed by atoms with E-state index in [2.05, 4.69) is 32.9 Å². The van der Waals surface area contributed by atoms with Crippen molar-refractivity contribution >= 4 is 18.2 Å². The molecular formula is C14H22N4S. The molecule has 0 bridgehead atoms. The lowest BCUT2D eigenvalue weighted by molar-refractivity contribution is 0.311. The maximum Gasteiger partial charge on any atom is 0.204 e. The van der Waals surface area contributed by atoms with Crippen LogP contribution in [0.3, 0.4) is 0 Å². The van der Waals surface area contributed by atoms with Crippen LogP contribution < -0.4 is 4.90 Å². The van der Waals surface area contributed by atoms with Crippen LogP contribution in [0.1, 0.15) is 37.3 Å². The van der Waals surface area contributed by atoms with Gasteiger partial charge >= 0.3 is 0 Å². The highest BCUT2D eigenvalue weighted by Crippen LogP contribution is 2.33. The normalized spacial score (nSPS) is 22.1. The minimum atomic E-state index is 0.663. The topological polar surface area (TPSA) is 35.2 Å². The molecule has 1 aliphatic heterocycles. The van der Waals surface area contributed by atoms with Crippen molar-refractivity contribution in [3.05, 3.63) is 16.4 Å². The van der Waals surface area contributed by atoms with Crippen molar-refractivity contribution in [2.24, 2.45) is 0 Å². The number of hydrogen-bond acceptors (Lipinski definition) is 4. The molecule has 2 fully saturated rings. The third kappa shape index (κ3) is 2.98. The van der Waals surface area contributed by atoms with Crippen LogP contribution in [0.2, 0.25) is 0 Å². The molecule has 1 aromatic rings. The average molecular weight is 278 g/mol. The Morgan fingerprint density at radius 3 is 2.58 bits per heavy atom. The predicted molar refractivity (Wildman–Crippen MR) is 80.3 cm³/mol. The molecule has 0 aromatic carbocycles. The Morgan fingerprint density at radius 2 is 1.89 bits per heavy atom. The third-order valence-electron chi connectivity index (χ3n) is 4.35. The van der Waals surface area contributed by atoms with Crippen molar-refractivity contribution in [3.8, 4) is 0 Å². The third-order valence-corrected chi connectivity index (χ3v) is 4.56. The highest BCUT2D eigenvalue weighted by atomic mass is 32.1. The van der Waals surface area contributed by atoms with Gasteiger partial charge < -0.3 is 14.8 Å². The number of anilines is 1. The van der Waals surface area contributed by atoms with Crippen molar-refractivity contribution in [1.82, 2.24) is 14.9 Å². The summed E-state index contributed by atoms with van der Waals surface area (Å²) in [6.45, 7) is 4.25. The Hall–Kier alpha value is -0.940. The van der Waals surface area contributed by atoms with Gasteiger partial charge in [-0.3, -0.25) is 0 Å². The second-order valence-electron chi connectivity index (χ2n) is 5.77. The monoisotopic (exact) mass is 278 g/mol. The Morgan fingerprint density at radius 1 is 1.21 bits per heavy atom. The predicted octanol–water partition coefficient (Wildman–Crippen LogP) is 2.55. The maximum atomic E-state index is 5.35. The fourth-order valence-electron chi connectivity index (χ4n) is 3.09. The summed E-state index contributed by atoms with van der Waals surface area (Å²) in [5.41, 5.74) is 1.30. The molecule has 5 heteroatoms. The van der Waals surface area contributed by atoms with Gasteiger partial charge in [0.1, 0.15) is 4.64 Å². The van der Waals surface area contributed by atoms with Crippen LogP contribution in [0.25, 0.3) is 0 Å². The van der Waals surface area contributed by atoms with E-state index >= 15 is 0 Å². The molecule has 1 saturated carbocycles. The number of aromatic nitrogens is 2. The van der Waals surface area contributed by atoms with Crippen molar-refractivity contribution in [1.29, 1.82) is 0 Å². The number of nitrogens with one attached hydrogen (secondary N) is 1. The van der Waals surface area contributed by atoms with Gasteiger partial charge in [0.15, 0.2) is 0 Å². The Bertz CT molecular complexity index is 484. The molecule has 2 aliphatic rings. The SMILES string of the molecule is CN1CCN(c2nc(=S)cc(C3CCCC3)[nH]2)CC1. The van der Waals surface area contributed by atoms with E-state index in [1.165, 1.54) is 31.4 Å². The van der Waals surface area contributed by atoms with E-state index in [-0.39, 0.29) is 0 Å². The summed E-state index contributed by atoms with van der Waals surface area (Å²) in [6, 6.07) is 2.06. The number of aromatic amines is 1. The molecule has 104 valence electrons. The largest absolute Gasteiger partial charge is 0.340 e. The zero-order valence-corrected chi connectivity index (χ0v) is 12.4.